The minimum Gasteiger partial charge on any atom is -0.490 e. The van der Waals surface area contributed by atoms with Gasteiger partial charge in [0.2, 0.25) is 5.91 Å². The Kier molecular flexibility index (Phi) is 7.52. The molecular formula is C22H21ClN4O6. The summed E-state index contributed by atoms with van der Waals surface area (Å²) >= 11 is 5.89. The molecule has 11 heteroatoms. The van der Waals surface area contributed by atoms with E-state index < -0.39 is 30.3 Å². The van der Waals surface area contributed by atoms with Gasteiger partial charge in [0.25, 0.3) is 11.8 Å². The fourth-order valence-corrected chi connectivity index (χ4v) is 3.13. The normalized spacial score (nSPS) is 14.2. The zero-order valence-corrected chi connectivity index (χ0v) is 18.3. The van der Waals surface area contributed by atoms with Gasteiger partial charge in [0, 0.05) is 10.7 Å². The SMILES string of the molecule is CCOc1cc(C=C2NC(=O)N(CC(=O)Nc3cccc(Cl)c3)C2=O)ccc1OCC(N)=O. The van der Waals surface area contributed by atoms with E-state index in [0.29, 0.717) is 34.4 Å². The number of nitrogens with one attached hydrogen (secondary N) is 2. The summed E-state index contributed by atoms with van der Waals surface area (Å²) in [7, 11) is 0. The monoisotopic (exact) mass is 472 g/mol. The first-order valence-corrected chi connectivity index (χ1v) is 10.2. The molecule has 1 aliphatic heterocycles. The Morgan fingerprint density at radius 3 is 2.64 bits per heavy atom. The summed E-state index contributed by atoms with van der Waals surface area (Å²) in [6.45, 7) is 1.31. The van der Waals surface area contributed by atoms with Crippen molar-refractivity contribution in [3.8, 4) is 11.5 Å². The van der Waals surface area contributed by atoms with Crippen LogP contribution in [0.15, 0.2) is 48.2 Å². The molecule has 0 aromatic heterocycles. The number of rotatable bonds is 9. The summed E-state index contributed by atoms with van der Waals surface area (Å²) < 4.78 is 10.8. The average molecular weight is 473 g/mol. The van der Waals surface area contributed by atoms with Crippen molar-refractivity contribution in [2.45, 2.75) is 6.92 Å². The lowest BCUT2D eigenvalue weighted by Crippen LogP contribution is -2.38. The van der Waals surface area contributed by atoms with E-state index in [1.165, 1.54) is 6.08 Å². The Morgan fingerprint density at radius 1 is 1.15 bits per heavy atom. The van der Waals surface area contributed by atoms with Crippen molar-refractivity contribution in [1.29, 1.82) is 0 Å². The highest BCUT2D eigenvalue weighted by atomic mass is 35.5. The maximum Gasteiger partial charge on any atom is 0.329 e. The smallest absolute Gasteiger partial charge is 0.329 e. The highest BCUT2D eigenvalue weighted by Crippen LogP contribution is 2.29. The average Bonchev–Trinajstić information content (AvgIpc) is 3.00. The Bertz CT molecular complexity index is 1130. The number of nitrogens with two attached hydrogens (primary N) is 1. The van der Waals surface area contributed by atoms with Crippen molar-refractivity contribution in [2.75, 3.05) is 25.1 Å². The van der Waals surface area contributed by atoms with E-state index in [4.69, 9.17) is 26.8 Å². The lowest BCUT2D eigenvalue weighted by atomic mass is 10.1. The standard InChI is InChI=1S/C22H21ClN4O6/c1-2-32-18-9-13(6-7-17(18)33-12-19(24)28)8-16-21(30)27(22(31)26-16)11-20(29)25-15-5-3-4-14(23)10-15/h3-10H,2,11-12H2,1H3,(H2,24,28)(H,25,29)(H,26,31). The van der Waals surface area contributed by atoms with Gasteiger partial charge in [-0.15, -0.1) is 0 Å². The first-order chi connectivity index (χ1) is 15.8. The molecule has 2 aromatic rings. The quantitative estimate of drug-likeness (QED) is 0.377. The number of hydrogen-bond acceptors (Lipinski definition) is 6. The molecule has 5 amide bonds. The number of anilines is 1. The Morgan fingerprint density at radius 2 is 1.94 bits per heavy atom. The highest BCUT2D eigenvalue weighted by Gasteiger charge is 2.35. The van der Waals surface area contributed by atoms with Crippen LogP contribution in [0, 0.1) is 0 Å². The number of benzene rings is 2. The van der Waals surface area contributed by atoms with E-state index in [9.17, 15) is 19.2 Å². The zero-order valence-electron chi connectivity index (χ0n) is 17.6. The van der Waals surface area contributed by atoms with Crippen LogP contribution in [-0.2, 0) is 14.4 Å². The van der Waals surface area contributed by atoms with Gasteiger partial charge in [-0.25, -0.2) is 9.69 Å². The van der Waals surface area contributed by atoms with Crippen molar-refractivity contribution in [1.82, 2.24) is 10.2 Å². The van der Waals surface area contributed by atoms with E-state index >= 15 is 0 Å². The van der Waals surface area contributed by atoms with Crippen LogP contribution >= 0.6 is 11.6 Å². The number of urea groups is 1. The van der Waals surface area contributed by atoms with Gasteiger partial charge < -0.3 is 25.8 Å². The molecule has 1 fully saturated rings. The lowest BCUT2D eigenvalue weighted by molar-refractivity contribution is -0.127. The third-order valence-corrected chi connectivity index (χ3v) is 4.56. The summed E-state index contributed by atoms with van der Waals surface area (Å²) in [5.74, 6) is -1.21. The number of halogens is 1. The number of hydrogen-bond donors (Lipinski definition) is 3. The zero-order chi connectivity index (χ0) is 24.0. The predicted octanol–water partition coefficient (Wildman–Crippen LogP) is 2.13. The second-order valence-corrected chi connectivity index (χ2v) is 7.27. The van der Waals surface area contributed by atoms with Gasteiger partial charge in [0.05, 0.1) is 6.61 Å². The molecule has 1 aliphatic rings. The highest BCUT2D eigenvalue weighted by molar-refractivity contribution is 6.30. The van der Waals surface area contributed by atoms with Crippen LogP contribution in [0.1, 0.15) is 12.5 Å². The van der Waals surface area contributed by atoms with Crippen LogP contribution in [0.5, 0.6) is 11.5 Å². The van der Waals surface area contributed by atoms with Crippen molar-refractivity contribution in [3.63, 3.8) is 0 Å². The number of imide groups is 1. The van der Waals surface area contributed by atoms with Gasteiger partial charge in [0.15, 0.2) is 18.1 Å². The van der Waals surface area contributed by atoms with Crippen LogP contribution in [0.3, 0.4) is 0 Å². The number of primary amides is 1. The molecule has 0 spiro atoms. The number of nitrogens with zero attached hydrogens (tertiary/aromatic N) is 1. The molecule has 1 saturated heterocycles. The number of ether oxygens (including phenoxy) is 2. The molecule has 4 N–H and O–H groups in total. The van der Waals surface area contributed by atoms with Crippen LogP contribution in [0.25, 0.3) is 6.08 Å². The summed E-state index contributed by atoms with van der Waals surface area (Å²) in [5.41, 5.74) is 6.06. The topological polar surface area (TPSA) is 140 Å². The Balaban J connectivity index is 1.72. The second-order valence-electron chi connectivity index (χ2n) is 6.83. The van der Waals surface area contributed by atoms with Gasteiger partial charge >= 0.3 is 6.03 Å². The first kappa shape index (κ1) is 23.6. The molecule has 1 heterocycles. The lowest BCUT2D eigenvalue weighted by Gasteiger charge is -2.12. The van der Waals surface area contributed by atoms with Gasteiger partial charge in [-0.05, 0) is 48.9 Å². The van der Waals surface area contributed by atoms with Crippen molar-refractivity contribution < 1.29 is 28.7 Å². The molecule has 33 heavy (non-hydrogen) atoms. The van der Waals surface area contributed by atoms with E-state index in [0.717, 1.165) is 4.90 Å². The summed E-state index contributed by atoms with van der Waals surface area (Å²) in [4.78, 5) is 49.0. The fourth-order valence-electron chi connectivity index (χ4n) is 2.94. The molecule has 0 bridgehead atoms. The molecule has 0 radical (unpaired) electrons. The minimum atomic E-state index is -0.723. The number of carbonyl (C=O) groups excluding carboxylic acids is 4. The largest absolute Gasteiger partial charge is 0.490 e. The van der Waals surface area contributed by atoms with Crippen LogP contribution in [0.2, 0.25) is 5.02 Å². The van der Waals surface area contributed by atoms with Gasteiger partial charge in [-0.2, -0.15) is 0 Å². The van der Waals surface area contributed by atoms with E-state index in [-0.39, 0.29) is 12.3 Å². The third-order valence-electron chi connectivity index (χ3n) is 4.32. The number of amides is 5. The van der Waals surface area contributed by atoms with Gasteiger partial charge in [0.1, 0.15) is 12.2 Å². The first-order valence-electron chi connectivity index (χ1n) is 9.84. The summed E-state index contributed by atoms with van der Waals surface area (Å²) in [6, 6.07) is 10.5. The molecular weight excluding hydrogens is 452 g/mol. The molecule has 172 valence electrons. The molecule has 0 atom stereocenters. The molecule has 2 aromatic carbocycles. The van der Waals surface area contributed by atoms with Crippen molar-refractivity contribution in [3.05, 3.63) is 58.7 Å². The number of carbonyl (C=O) groups is 4. The van der Waals surface area contributed by atoms with Crippen molar-refractivity contribution >= 4 is 47.1 Å². The van der Waals surface area contributed by atoms with Crippen LogP contribution in [0.4, 0.5) is 10.5 Å². The molecule has 0 unspecified atom stereocenters. The second kappa shape index (κ2) is 10.5. The predicted molar refractivity (Wildman–Crippen MR) is 121 cm³/mol. The summed E-state index contributed by atoms with van der Waals surface area (Å²) in [6.07, 6.45) is 1.44. The van der Waals surface area contributed by atoms with E-state index in [2.05, 4.69) is 10.6 Å². The maximum atomic E-state index is 12.7. The fraction of sp³-hybridized carbons (Fsp3) is 0.182. The van der Waals surface area contributed by atoms with Gasteiger partial charge in [-0.3, -0.25) is 14.4 Å². The third kappa shape index (κ3) is 6.23. The maximum absolute atomic E-state index is 12.7. The Labute approximate surface area is 194 Å². The van der Waals surface area contributed by atoms with E-state index in [1.807, 2.05) is 0 Å². The summed E-state index contributed by atoms with van der Waals surface area (Å²) in [5, 5.41) is 5.47. The molecule has 0 saturated carbocycles. The minimum absolute atomic E-state index is 0.0104. The Hall–Kier alpha value is -4.05. The van der Waals surface area contributed by atoms with Crippen LogP contribution in [-0.4, -0.2) is 48.4 Å². The molecule has 10 nitrogen and oxygen atoms in total. The van der Waals surface area contributed by atoms with Crippen molar-refractivity contribution in [2.24, 2.45) is 5.73 Å². The molecule has 3 rings (SSSR count). The van der Waals surface area contributed by atoms with Gasteiger partial charge in [-0.1, -0.05) is 23.7 Å². The van der Waals surface area contributed by atoms with E-state index in [1.54, 1.807) is 49.4 Å². The van der Waals surface area contributed by atoms with Crippen LogP contribution < -0.4 is 25.8 Å². The molecule has 0 aliphatic carbocycles.